The first-order chi connectivity index (χ1) is 9.72. The highest BCUT2D eigenvalue weighted by Gasteiger charge is 2.13. The van der Waals surface area contributed by atoms with E-state index in [0.717, 1.165) is 25.7 Å². The quantitative estimate of drug-likeness (QED) is 0.408. The van der Waals surface area contributed by atoms with Crippen LogP contribution in [0.4, 0.5) is 0 Å². The number of carbonyl (C=O) groups is 1. The first-order valence-corrected chi connectivity index (χ1v) is 8.93. The van der Waals surface area contributed by atoms with Gasteiger partial charge in [0, 0.05) is 6.42 Å². The largest absolute Gasteiger partial charge is 0.385 e. The summed E-state index contributed by atoms with van der Waals surface area (Å²) in [7, 11) is 0. The van der Waals surface area contributed by atoms with Gasteiger partial charge in [0.1, 0.15) is 6.10 Å². The predicted octanol–water partition coefficient (Wildman–Crippen LogP) is 5.42. The van der Waals surface area contributed by atoms with Crippen LogP contribution in [-0.4, -0.2) is 17.0 Å². The summed E-state index contributed by atoms with van der Waals surface area (Å²) in [6.45, 7) is 4.42. The highest BCUT2D eigenvalue weighted by Crippen LogP contribution is 2.12. The maximum atomic E-state index is 11.7. The Morgan fingerprint density at radius 2 is 1.20 bits per heavy atom. The maximum absolute atomic E-state index is 11.7. The average Bonchev–Trinajstić information content (AvgIpc) is 2.45. The van der Waals surface area contributed by atoms with Crippen LogP contribution in [0.15, 0.2) is 0 Å². The third-order valence-electron chi connectivity index (χ3n) is 3.98. The standard InChI is InChI=1S/C18H36O2/c1-3-5-7-9-10-12-14-16-18(20)17(19)15-13-11-8-6-4-2/h18,20H,3-16H2,1-2H3. The Balaban J connectivity index is 3.36. The van der Waals surface area contributed by atoms with Gasteiger partial charge < -0.3 is 5.11 Å². The summed E-state index contributed by atoms with van der Waals surface area (Å²) in [6, 6.07) is 0. The Hall–Kier alpha value is -0.370. The van der Waals surface area contributed by atoms with E-state index in [4.69, 9.17) is 0 Å². The highest BCUT2D eigenvalue weighted by molar-refractivity contribution is 5.82. The maximum Gasteiger partial charge on any atom is 0.161 e. The van der Waals surface area contributed by atoms with Gasteiger partial charge in [0.15, 0.2) is 5.78 Å². The predicted molar refractivity (Wildman–Crippen MR) is 87.0 cm³/mol. The van der Waals surface area contributed by atoms with E-state index in [-0.39, 0.29) is 5.78 Å². The molecule has 0 aromatic rings. The normalized spacial score (nSPS) is 12.6. The number of Topliss-reactive ketones (excluding diaryl/α,β-unsaturated/α-hetero) is 1. The lowest BCUT2D eigenvalue weighted by atomic mass is 10.0. The van der Waals surface area contributed by atoms with Crippen molar-refractivity contribution in [2.24, 2.45) is 0 Å². The summed E-state index contributed by atoms with van der Waals surface area (Å²) in [4.78, 5) is 11.7. The molecule has 20 heavy (non-hydrogen) atoms. The van der Waals surface area contributed by atoms with E-state index in [2.05, 4.69) is 13.8 Å². The van der Waals surface area contributed by atoms with Gasteiger partial charge in [-0.25, -0.2) is 0 Å². The molecule has 2 nitrogen and oxygen atoms in total. The van der Waals surface area contributed by atoms with E-state index < -0.39 is 6.10 Å². The van der Waals surface area contributed by atoms with Crippen LogP contribution < -0.4 is 0 Å². The van der Waals surface area contributed by atoms with Crippen molar-refractivity contribution >= 4 is 5.78 Å². The number of carbonyl (C=O) groups excluding carboxylic acids is 1. The number of aliphatic hydroxyl groups is 1. The minimum Gasteiger partial charge on any atom is -0.385 e. The zero-order valence-electron chi connectivity index (χ0n) is 13.8. The minimum absolute atomic E-state index is 0.0625. The molecule has 0 aliphatic rings. The monoisotopic (exact) mass is 284 g/mol. The van der Waals surface area contributed by atoms with Crippen LogP contribution in [0.25, 0.3) is 0 Å². The molecule has 0 bridgehead atoms. The summed E-state index contributed by atoms with van der Waals surface area (Å²) in [5.74, 6) is 0.0625. The van der Waals surface area contributed by atoms with E-state index in [1.165, 1.54) is 51.4 Å². The van der Waals surface area contributed by atoms with Gasteiger partial charge in [-0.15, -0.1) is 0 Å². The first-order valence-electron chi connectivity index (χ1n) is 8.93. The topological polar surface area (TPSA) is 37.3 Å². The SMILES string of the molecule is CCCCCCCCCC(O)C(=O)CCCCCCC. The summed E-state index contributed by atoms with van der Waals surface area (Å²) in [5, 5.41) is 9.81. The van der Waals surface area contributed by atoms with Crippen LogP contribution in [0.1, 0.15) is 104 Å². The van der Waals surface area contributed by atoms with Crippen LogP contribution in [0.2, 0.25) is 0 Å². The Morgan fingerprint density at radius 1 is 0.750 bits per heavy atom. The van der Waals surface area contributed by atoms with Crippen molar-refractivity contribution in [3.05, 3.63) is 0 Å². The molecule has 0 heterocycles. The third kappa shape index (κ3) is 12.7. The second-order valence-electron chi connectivity index (χ2n) is 6.06. The molecule has 1 unspecified atom stereocenters. The molecule has 0 rings (SSSR count). The molecule has 0 amide bonds. The molecule has 0 spiro atoms. The zero-order chi connectivity index (χ0) is 15.1. The number of ketones is 1. The number of rotatable bonds is 15. The second-order valence-corrected chi connectivity index (χ2v) is 6.06. The minimum atomic E-state index is -0.697. The Labute approximate surface area is 126 Å². The Bertz CT molecular complexity index is 213. The van der Waals surface area contributed by atoms with Gasteiger partial charge >= 0.3 is 0 Å². The lowest BCUT2D eigenvalue weighted by molar-refractivity contribution is -0.127. The van der Waals surface area contributed by atoms with Crippen LogP contribution in [0.5, 0.6) is 0 Å². The van der Waals surface area contributed by atoms with Crippen LogP contribution in [-0.2, 0) is 4.79 Å². The summed E-state index contributed by atoms with van der Waals surface area (Å²) in [5.41, 5.74) is 0. The van der Waals surface area contributed by atoms with Crippen molar-refractivity contribution in [2.45, 2.75) is 110 Å². The van der Waals surface area contributed by atoms with Crippen molar-refractivity contribution in [3.8, 4) is 0 Å². The molecule has 0 aromatic carbocycles. The average molecular weight is 284 g/mol. The van der Waals surface area contributed by atoms with Crippen LogP contribution in [0, 0.1) is 0 Å². The van der Waals surface area contributed by atoms with E-state index in [0.29, 0.717) is 12.8 Å². The molecule has 2 heteroatoms. The summed E-state index contributed by atoms with van der Waals surface area (Å²) < 4.78 is 0. The van der Waals surface area contributed by atoms with Gasteiger partial charge in [-0.2, -0.15) is 0 Å². The van der Waals surface area contributed by atoms with Crippen molar-refractivity contribution in [1.82, 2.24) is 0 Å². The lowest BCUT2D eigenvalue weighted by Crippen LogP contribution is -2.19. The second kappa shape index (κ2) is 15.0. The molecule has 0 radical (unpaired) electrons. The summed E-state index contributed by atoms with van der Waals surface area (Å²) in [6.07, 6.45) is 15.0. The Kier molecular flexibility index (Phi) is 14.7. The lowest BCUT2D eigenvalue weighted by Gasteiger charge is -2.09. The fraction of sp³-hybridized carbons (Fsp3) is 0.944. The van der Waals surface area contributed by atoms with Crippen molar-refractivity contribution in [3.63, 3.8) is 0 Å². The molecule has 120 valence electrons. The molecule has 1 N–H and O–H groups in total. The molecular weight excluding hydrogens is 248 g/mol. The van der Waals surface area contributed by atoms with Crippen molar-refractivity contribution in [1.29, 1.82) is 0 Å². The van der Waals surface area contributed by atoms with Crippen molar-refractivity contribution < 1.29 is 9.90 Å². The van der Waals surface area contributed by atoms with Crippen LogP contribution in [0.3, 0.4) is 0 Å². The van der Waals surface area contributed by atoms with Gasteiger partial charge in [0.2, 0.25) is 0 Å². The smallest absolute Gasteiger partial charge is 0.161 e. The van der Waals surface area contributed by atoms with Crippen LogP contribution >= 0.6 is 0 Å². The molecule has 0 saturated heterocycles. The van der Waals surface area contributed by atoms with E-state index in [9.17, 15) is 9.90 Å². The highest BCUT2D eigenvalue weighted by atomic mass is 16.3. The third-order valence-corrected chi connectivity index (χ3v) is 3.98. The van der Waals surface area contributed by atoms with Gasteiger partial charge in [-0.1, -0.05) is 84.5 Å². The van der Waals surface area contributed by atoms with E-state index >= 15 is 0 Å². The fourth-order valence-corrected chi connectivity index (χ4v) is 2.53. The van der Waals surface area contributed by atoms with Gasteiger partial charge in [0.05, 0.1) is 0 Å². The van der Waals surface area contributed by atoms with Gasteiger partial charge in [-0.3, -0.25) is 4.79 Å². The molecule has 1 atom stereocenters. The number of hydrogen-bond acceptors (Lipinski definition) is 2. The summed E-state index contributed by atoms with van der Waals surface area (Å²) >= 11 is 0. The first kappa shape index (κ1) is 19.6. The molecular formula is C18H36O2. The molecule has 0 saturated carbocycles. The van der Waals surface area contributed by atoms with Gasteiger partial charge in [0.25, 0.3) is 0 Å². The number of unbranched alkanes of at least 4 members (excludes halogenated alkanes) is 10. The molecule has 0 aliphatic carbocycles. The number of hydrogen-bond donors (Lipinski definition) is 1. The molecule has 0 fully saturated rings. The van der Waals surface area contributed by atoms with Crippen molar-refractivity contribution in [2.75, 3.05) is 0 Å². The molecule has 0 aliphatic heterocycles. The van der Waals surface area contributed by atoms with E-state index in [1.807, 2.05) is 0 Å². The number of aliphatic hydroxyl groups excluding tert-OH is 1. The fourth-order valence-electron chi connectivity index (χ4n) is 2.53. The van der Waals surface area contributed by atoms with Gasteiger partial charge in [-0.05, 0) is 12.8 Å². The zero-order valence-corrected chi connectivity index (χ0v) is 13.8. The molecule has 0 aromatic heterocycles. The van der Waals surface area contributed by atoms with E-state index in [1.54, 1.807) is 0 Å². The Morgan fingerprint density at radius 3 is 1.75 bits per heavy atom.